The van der Waals surface area contributed by atoms with Crippen molar-refractivity contribution in [1.82, 2.24) is 17.5 Å². The molecule has 8 heteroatoms. The Balaban J connectivity index is 1.36. The molecule has 0 atom stereocenters. The molecule has 0 fully saturated rings. The lowest BCUT2D eigenvalue weighted by atomic mass is 9.96. The number of rotatable bonds is 2. The zero-order chi connectivity index (χ0) is 24.0. The molecule has 4 nitrogen and oxygen atoms in total. The smallest absolute Gasteiger partial charge is 0.113 e. The van der Waals surface area contributed by atoms with Gasteiger partial charge in [-0.05, 0) is 82.9 Å². The molecule has 36 heavy (non-hydrogen) atoms. The third-order valence-electron chi connectivity index (χ3n) is 7.08. The molecule has 172 valence electrons. The minimum atomic E-state index is 0.966. The molecule has 4 aromatic carbocycles. The van der Waals surface area contributed by atoms with Crippen molar-refractivity contribution in [2.24, 2.45) is 0 Å². The number of fused-ring (bicyclic) bond motifs is 5. The molecule has 0 aliphatic heterocycles. The topological polar surface area (TPSA) is 51.6 Å². The Hall–Kier alpha value is -3.30. The van der Waals surface area contributed by atoms with Gasteiger partial charge in [0.2, 0.25) is 0 Å². The van der Waals surface area contributed by atoms with E-state index in [1.165, 1.54) is 86.4 Å². The van der Waals surface area contributed by atoms with Crippen LogP contribution in [0, 0.1) is 13.8 Å². The fourth-order valence-corrected chi connectivity index (χ4v) is 8.69. The molecule has 0 amide bonds. The van der Waals surface area contributed by atoms with Crippen LogP contribution in [0.5, 0.6) is 0 Å². The first-order valence-corrected chi connectivity index (χ1v) is 14.6. The van der Waals surface area contributed by atoms with Gasteiger partial charge in [-0.1, -0.05) is 24.3 Å². The first-order valence-electron chi connectivity index (χ1n) is 11.5. The molecule has 0 aliphatic carbocycles. The first kappa shape index (κ1) is 20.8. The van der Waals surface area contributed by atoms with E-state index in [0.29, 0.717) is 0 Å². The van der Waals surface area contributed by atoms with Crippen molar-refractivity contribution in [2.45, 2.75) is 13.8 Å². The standard InChI is InChI=1S/C28H16N4S4/c1-13-17-9-26-20(12-24(34-26)16-6-4-8-22-28(16)32-36-30-22)14(2)18(17)10-25-19(13)11-23(33-25)15-5-3-7-21-27(15)31-35-29-21/h3-12H,1-2H3. The zero-order valence-corrected chi connectivity index (χ0v) is 22.5. The number of nitrogens with zero attached hydrogens (tertiary/aromatic N) is 4. The van der Waals surface area contributed by atoms with Crippen molar-refractivity contribution in [1.29, 1.82) is 0 Å². The summed E-state index contributed by atoms with van der Waals surface area (Å²) in [4.78, 5) is 2.49. The molecule has 0 aliphatic rings. The number of thiophene rings is 2. The quantitative estimate of drug-likeness (QED) is 0.221. The van der Waals surface area contributed by atoms with Gasteiger partial charge < -0.3 is 0 Å². The molecule has 0 bridgehead atoms. The van der Waals surface area contributed by atoms with Gasteiger partial charge in [0.1, 0.15) is 22.1 Å². The predicted molar refractivity (Wildman–Crippen MR) is 157 cm³/mol. The Morgan fingerprint density at radius 2 is 1.00 bits per heavy atom. The van der Waals surface area contributed by atoms with E-state index < -0.39 is 0 Å². The third kappa shape index (κ3) is 2.90. The van der Waals surface area contributed by atoms with E-state index in [1.54, 1.807) is 0 Å². The Kier molecular flexibility index (Phi) is 4.40. The highest BCUT2D eigenvalue weighted by Gasteiger charge is 2.17. The van der Waals surface area contributed by atoms with Gasteiger partial charge in [-0.2, -0.15) is 17.5 Å². The summed E-state index contributed by atoms with van der Waals surface area (Å²) in [5.74, 6) is 0. The number of hydrogen-bond acceptors (Lipinski definition) is 8. The summed E-state index contributed by atoms with van der Waals surface area (Å²) in [5, 5.41) is 5.28. The van der Waals surface area contributed by atoms with E-state index in [0.717, 1.165) is 22.1 Å². The molecule has 0 saturated carbocycles. The third-order valence-corrected chi connectivity index (χ3v) is 10.4. The van der Waals surface area contributed by atoms with Crippen LogP contribution in [0.4, 0.5) is 0 Å². The van der Waals surface area contributed by atoms with Crippen LogP contribution in [0.15, 0.2) is 60.7 Å². The lowest BCUT2D eigenvalue weighted by Gasteiger charge is -2.08. The van der Waals surface area contributed by atoms with Gasteiger partial charge >= 0.3 is 0 Å². The van der Waals surface area contributed by atoms with E-state index in [2.05, 4.69) is 79.9 Å². The van der Waals surface area contributed by atoms with Crippen molar-refractivity contribution in [2.75, 3.05) is 0 Å². The van der Waals surface area contributed by atoms with Gasteiger partial charge in [-0.25, -0.2) is 0 Å². The van der Waals surface area contributed by atoms with Gasteiger partial charge in [-0.3, -0.25) is 0 Å². The zero-order valence-electron chi connectivity index (χ0n) is 19.2. The molecule has 8 aromatic rings. The van der Waals surface area contributed by atoms with Crippen LogP contribution in [-0.2, 0) is 0 Å². The normalized spacial score (nSPS) is 12.2. The number of aryl methyl sites for hydroxylation is 2. The number of aromatic nitrogens is 4. The Bertz CT molecular complexity index is 1990. The first-order chi connectivity index (χ1) is 17.7. The average molecular weight is 537 g/mol. The highest BCUT2D eigenvalue weighted by molar-refractivity contribution is 7.23. The lowest BCUT2D eigenvalue weighted by molar-refractivity contribution is 1.57. The molecule has 8 rings (SSSR count). The molecule has 0 N–H and O–H groups in total. The number of benzene rings is 4. The van der Waals surface area contributed by atoms with Gasteiger partial charge in [0.05, 0.1) is 23.5 Å². The average Bonchev–Trinajstić information content (AvgIpc) is 3.69. The lowest BCUT2D eigenvalue weighted by Crippen LogP contribution is -1.84. The Morgan fingerprint density at radius 3 is 1.47 bits per heavy atom. The molecular weight excluding hydrogens is 521 g/mol. The summed E-state index contributed by atoms with van der Waals surface area (Å²) in [7, 11) is 0. The molecule has 4 heterocycles. The van der Waals surface area contributed by atoms with Crippen molar-refractivity contribution >= 4 is 99.1 Å². The van der Waals surface area contributed by atoms with Crippen LogP contribution in [0.3, 0.4) is 0 Å². The van der Waals surface area contributed by atoms with Crippen LogP contribution in [0.25, 0.3) is 73.9 Å². The summed E-state index contributed by atoms with van der Waals surface area (Å²) in [5.41, 5.74) is 8.91. The van der Waals surface area contributed by atoms with Crippen LogP contribution in [0.1, 0.15) is 11.1 Å². The van der Waals surface area contributed by atoms with Crippen molar-refractivity contribution in [3.05, 3.63) is 71.8 Å². The predicted octanol–water partition coefficient (Wildman–Crippen LogP) is 9.23. The van der Waals surface area contributed by atoms with Gasteiger partial charge in [0.15, 0.2) is 0 Å². The summed E-state index contributed by atoms with van der Waals surface area (Å²) < 4.78 is 20.6. The van der Waals surface area contributed by atoms with E-state index >= 15 is 0 Å². The molecule has 4 aromatic heterocycles. The minimum Gasteiger partial charge on any atom is -0.173 e. The van der Waals surface area contributed by atoms with Crippen molar-refractivity contribution in [3.63, 3.8) is 0 Å². The minimum absolute atomic E-state index is 0.966. The molecule has 0 radical (unpaired) electrons. The van der Waals surface area contributed by atoms with Gasteiger partial charge in [-0.15, -0.1) is 22.7 Å². The summed E-state index contributed by atoms with van der Waals surface area (Å²) in [6, 6.07) is 21.9. The molecule has 0 unspecified atom stereocenters. The highest BCUT2D eigenvalue weighted by atomic mass is 32.1. The number of hydrogen-bond donors (Lipinski definition) is 0. The van der Waals surface area contributed by atoms with Crippen LogP contribution >= 0.6 is 46.1 Å². The fourth-order valence-electron chi connectivity index (χ4n) is 5.21. The van der Waals surface area contributed by atoms with Crippen molar-refractivity contribution < 1.29 is 0 Å². The van der Waals surface area contributed by atoms with Crippen molar-refractivity contribution in [3.8, 4) is 20.9 Å². The maximum atomic E-state index is 4.57. The second-order valence-corrected chi connectivity index (χ2v) is 12.2. The van der Waals surface area contributed by atoms with Gasteiger partial charge in [0, 0.05) is 30.3 Å². The fraction of sp³-hybridized carbons (Fsp3) is 0.0714. The molecule has 0 spiro atoms. The van der Waals surface area contributed by atoms with E-state index in [1.807, 2.05) is 34.8 Å². The molecule has 0 saturated heterocycles. The molecular formula is C28H16N4S4. The monoisotopic (exact) mass is 536 g/mol. The summed E-state index contributed by atoms with van der Waals surface area (Å²) >= 11 is 6.24. The van der Waals surface area contributed by atoms with Crippen LogP contribution < -0.4 is 0 Å². The Morgan fingerprint density at radius 1 is 0.528 bits per heavy atom. The second-order valence-electron chi connectivity index (χ2n) is 9.02. The van der Waals surface area contributed by atoms with E-state index in [9.17, 15) is 0 Å². The largest absolute Gasteiger partial charge is 0.173 e. The SMILES string of the molecule is Cc1c2cc(-c3cccc4nsnc34)sc2cc2c(C)c3cc(-c4cccc5nsnc45)sc3cc12. The van der Waals surface area contributed by atoms with Gasteiger partial charge in [0.25, 0.3) is 0 Å². The summed E-state index contributed by atoms with van der Waals surface area (Å²) in [6.45, 7) is 4.52. The second kappa shape index (κ2) is 7.60. The maximum absolute atomic E-state index is 4.57. The Labute approximate surface area is 222 Å². The van der Waals surface area contributed by atoms with E-state index in [4.69, 9.17) is 0 Å². The summed E-state index contributed by atoms with van der Waals surface area (Å²) in [6.07, 6.45) is 0. The van der Waals surface area contributed by atoms with Crippen LogP contribution in [-0.4, -0.2) is 17.5 Å². The van der Waals surface area contributed by atoms with E-state index in [-0.39, 0.29) is 0 Å². The highest BCUT2D eigenvalue weighted by Crippen LogP contribution is 2.44. The maximum Gasteiger partial charge on any atom is 0.113 e. The van der Waals surface area contributed by atoms with Crippen LogP contribution in [0.2, 0.25) is 0 Å².